The molecule has 2 aromatic carbocycles. The van der Waals surface area contributed by atoms with Crippen molar-refractivity contribution < 1.29 is 36.9 Å². The molecule has 3 rings (SSSR count). The maximum Gasteiger partial charge on any atom is 0.291 e. The summed E-state index contributed by atoms with van der Waals surface area (Å²) in [5.74, 6) is -0.209. The lowest BCUT2D eigenvalue weighted by molar-refractivity contribution is -0.197. The van der Waals surface area contributed by atoms with E-state index in [2.05, 4.69) is 0 Å². The highest BCUT2D eigenvalue weighted by molar-refractivity contribution is 5.85. The van der Waals surface area contributed by atoms with Crippen molar-refractivity contribution >= 4 is 16.7 Å². The van der Waals surface area contributed by atoms with Gasteiger partial charge in [0, 0.05) is 0 Å². The number of ether oxygens (including phenoxy) is 2. The Morgan fingerprint density at radius 1 is 1.21 bits per heavy atom. The highest BCUT2D eigenvalue weighted by Gasteiger charge is 2.53. The number of benzene rings is 2. The molecule has 0 bridgehead atoms. The summed E-state index contributed by atoms with van der Waals surface area (Å²) in [6, 6.07) is 10.2. The Labute approximate surface area is 156 Å². The molecule has 28 heavy (non-hydrogen) atoms. The number of alkyl halides is 2. The summed E-state index contributed by atoms with van der Waals surface area (Å²) in [5.41, 5.74) is -2.20. The first-order chi connectivity index (χ1) is 13.2. The summed E-state index contributed by atoms with van der Waals surface area (Å²) in [4.78, 5) is 12.2. The Morgan fingerprint density at radius 2 is 1.82 bits per heavy atom. The van der Waals surface area contributed by atoms with E-state index in [-0.39, 0.29) is 10.8 Å². The Morgan fingerprint density at radius 3 is 2.39 bits per heavy atom. The maximum absolute atomic E-state index is 13.2. The van der Waals surface area contributed by atoms with Crippen molar-refractivity contribution in [3.05, 3.63) is 48.2 Å². The molecule has 10 heteroatoms. The van der Waals surface area contributed by atoms with E-state index in [1.54, 1.807) is 36.4 Å². The van der Waals surface area contributed by atoms with Crippen LogP contribution in [0.1, 0.15) is 6.42 Å². The van der Waals surface area contributed by atoms with Crippen LogP contribution in [-0.4, -0.2) is 41.9 Å². The van der Waals surface area contributed by atoms with Crippen LogP contribution >= 0.6 is 0 Å². The first-order valence-electron chi connectivity index (χ1n) is 8.09. The van der Waals surface area contributed by atoms with Crippen molar-refractivity contribution in [2.75, 3.05) is 13.7 Å². The zero-order valence-electron chi connectivity index (χ0n) is 14.6. The molecule has 0 aromatic heterocycles. The van der Waals surface area contributed by atoms with E-state index in [4.69, 9.17) is 9.47 Å². The van der Waals surface area contributed by atoms with Gasteiger partial charge in [-0.15, -0.1) is 0 Å². The van der Waals surface area contributed by atoms with E-state index in [1.807, 2.05) is 5.43 Å². The van der Waals surface area contributed by atoms with Crippen LogP contribution in [0.2, 0.25) is 0 Å². The predicted octanol–water partition coefficient (Wildman–Crippen LogP) is 3.03. The molecule has 1 amide bonds. The maximum atomic E-state index is 13.2. The van der Waals surface area contributed by atoms with Crippen LogP contribution in [0.25, 0.3) is 10.8 Å². The number of fused-ring (bicyclic) bond motifs is 1. The number of carbonyl (C=O) groups excluding carboxylic acids is 1. The quantitative estimate of drug-likeness (QED) is 0.755. The zero-order chi connectivity index (χ0) is 20.5. The van der Waals surface area contributed by atoms with Gasteiger partial charge in [0.25, 0.3) is 18.4 Å². The molecule has 6 nitrogen and oxygen atoms in total. The van der Waals surface area contributed by atoms with Gasteiger partial charge in [0.15, 0.2) is 6.61 Å². The number of nitrogens with zero attached hydrogens (tertiary/aromatic N) is 1. The Balaban J connectivity index is 1.74. The van der Waals surface area contributed by atoms with Gasteiger partial charge < -0.3 is 14.6 Å². The average molecular weight is 400 g/mol. The largest absolute Gasteiger partial charge is 0.497 e. The molecule has 0 spiro atoms. The summed E-state index contributed by atoms with van der Waals surface area (Å²) in [5, 5.41) is 11.7. The van der Waals surface area contributed by atoms with Crippen LogP contribution in [0.4, 0.5) is 17.6 Å². The van der Waals surface area contributed by atoms with Crippen LogP contribution in [0.15, 0.2) is 48.2 Å². The fraction of sp³-hybridized carbons (Fsp3) is 0.278. The smallest absolute Gasteiger partial charge is 0.291 e. The molecule has 1 unspecified atom stereocenters. The molecule has 2 N–H and O–H groups in total. The Kier molecular flexibility index (Phi) is 5.32. The Hall–Kier alpha value is -3.01. The van der Waals surface area contributed by atoms with Crippen molar-refractivity contribution in [3.63, 3.8) is 0 Å². The molecule has 1 atom stereocenters. The summed E-state index contributed by atoms with van der Waals surface area (Å²) in [7, 11) is 1.53. The first kappa shape index (κ1) is 19.7. The topological polar surface area (TPSA) is 71.0 Å². The normalized spacial score (nSPS) is 19.1. The SMILES string of the molecule is COc1ccc2cc(OCC(=O)N3NC(=C(F)F)CC3(O)C(F)F)ccc2c1. The standard InChI is InChI=1S/C18H16F4N2O4/c1-27-12-4-2-11-7-13(5-3-10(11)6-12)28-9-15(25)24-18(26,17(21)22)8-14(23-24)16(19)20/h2-7,17,23,26H,8-9H2,1H3. The number of rotatable bonds is 5. The minimum Gasteiger partial charge on any atom is -0.497 e. The number of carbonyl (C=O) groups is 1. The van der Waals surface area contributed by atoms with Gasteiger partial charge in [-0.1, -0.05) is 12.1 Å². The number of hydrogen-bond acceptors (Lipinski definition) is 5. The second kappa shape index (κ2) is 7.55. The zero-order valence-corrected chi connectivity index (χ0v) is 14.6. The fourth-order valence-corrected chi connectivity index (χ4v) is 2.80. The van der Waals surface area contributed by atoms with E-state index < -0.39 is 42.9 Å². The number of nitrogens with one attached hydrogen (secondary N) is 1. The number of amides is 1. The molecule has 2 aromatic rings. The minimum absolute atomic E-state index is 0.0814. The molecule has 1 aliphatic heterocycles. The van der Waals surface area contributed by atoms with Crippen molar-refractivity contribution in [1.82, 2.24) is 10.4 Å². The second-order valence-electron chi connectivity index (χ2n) is 6.10. The van der Waals surface area contributed by atoms with E-state index >= 15 is 0 Å². The molecular formula is C18H16F4N2O4. The van der Waals surface area contributed by atoms with E-state index in [9.17, 15) is 27.5 Å². The number of hydrazine groups is 1. The summed E-state index contributed by atoms with van der Waals surface area (Å²) in [6.45, 7) is -0.745. The predicted molar refractivity (Wildman–Crippen MR) is 90.8 cm³/mol. The monoisotopic (exact) mass is 400 g/mol. The van der Waals surface area contributed by atoms with Gasteiger partial charge in [-0.2, -0.15) is 8.78 Å². The first-order valence-corrected chi connectivity index (χ1v) is 8.09. The summed E-state index contributed by atoms with van der Waals surface area (Å²) in [6.07, 6.45) is -6.87. The van der Waals surface area contributed by atoms with Gasteiger partial charge in [0.1, 0.15) is 17.2 Å². The molecule has 1 fully saturated rings. The Bertz CT molecular complexity index is 933. The van der Waals surface area contributed by atoms with Crippen molar-refractivity contribution in [3.8, 4) is 11.5 Å². The van der Waals surface area contributed by atoms with Crippen LogP contribution in [0.5, 0.6) is 11.5 Å². The molecule has 1 heterocycles. The highest BCUT2D eigenvalue weighted by atomic mass is 19.3. The van der Waals surface area contributed by atoms with Gasteiger partial charge in [-0.05, 0) is 35.0 Å². The molecule has 1 aliphatic rings. The van der Waals surface area contributed by atoms with Crippen molar-refractivity contribution in [2.24, 2.45) is 0 Å². The molecule has 1 saturated heterocycles. The van der Waals surface area contributed by atoms with Crippen LogP contribution in [0, 0.1) is 0 Å². The molecule has 0 aliphatic carbocycles. The number of hydrogen-bond donors (Lipinski definition) is 2. The van der Waals surface area contributed by atoms with Gasteiger partial charge in [0.05, 0.1) is 13.5 Å². The third-order valence-electron chi connectivity index (χ3n) is 4.28. The summed E-state index contributed by atoms with van der Waals surface area (Å²) >= 11 is 0. The molecule has 0 saturated carbocycles. The highest BCUT2D eigenvalue weighted by Crippen LogP contribution is 2.34. The van der Waals surface area contributed by atoms with Gasteiger partial charge >= 0.3 is 0 Å². The number of methoxy groups -OCH3 is 1. The van der Waals surface area contributed by atoms with Crippen molar-refractivity contribution in [1.29, 1.82) is 0 Å². The number of halogens is 4. The lowest BCUT2D eigenvalue weighted by atomic mass is 10.1. The third kappa shape index (κ3) is 3.68. The van der Waals surface area contributed by atoms with E-state index in [0.29, 0.717) is 5.75 Å². The molecule has 150 valence electrons. The van der Waals surface area contributed by atoms with E-state index in [1.165, 1.54) is 7.11 Å². The van der Waals surface area contributed by atoms with Crippen LogP contribution in [-0.2, 0) is 4.79 Å². The molecular weight excluding hydrogens is 384 g/mol. The van der Waals surface area contributed by atoms with Crippen LogP contribution < -0.4 is 14.9 Å². The summed E-state index contributed by atoms with van der Waals surface area (Å²) < 4.78 is 62.2. The lowest BCUT2D eigenvalue weighted by Crippen LogP contribution is -2.57. The van der Waals surface area contributed by atoms with Gasteiger partial charge in [-0.25, -0.2) is 13.8 Å². The van der Waals surface area contributed by atoms with Crippen molar-refractivity contribution in [2.45, 2.75) is 18.6 Å². The lowest BCUT2D eigenvalue weighted by Gasteiger charge is -2.31. The minimum atomic E-state index is -3.46. The second-order valence-corrected chi connectivity index (χ2v) is 6.10. The average Bonchev–Trinajstić information content (AvgIpc) is 3.05. The van der Waals surface area contributed by atoms with Crippen LogP contribution in [0.3, 0.4) is 0 Å². The number of aliphatic hydroxyl groups is 1. The van der Waals surface area contributed by atoms with Gasteiger partial charge in [0.2, 0.25) is 5.72 Å². The third-order valence-corrected chi connectivity index (χ3v) is 4.28. The fourth-order valence-electron chi connectivity index (χ4n) is 2.80. The molecule has 0 radical (unpaired) electrons. The van der Waals surface area contributed by atoms with E-state index in [0.717, 1.165) is 10.8 Å². The van der Waals surface area contributed by atoms with Gasteiger partial charge in [-0.3, -0.25) is 10.2 Å².